The van der Waals surface area contributed by atoms with Gasteiger partial charge in [0.05, 0.1) is 0 Å². The molecule has 4 fully saturated rings. The van der Waals surface area contributed by atoms with E-state index in [0.717, 1.165) is 24.7 Å². The van der Waals surface area contributed by atoms with Crippen LogP contribution in [0, 0.1) is 23.2 Å². The second kappa shape index (κ2) is 3.21. The molecule has 0 aromatic rings. The second-order valence-corrected chi connectivity index (χ2v) is 5.39. The summed E-state index contributed by atoms with van der Waals surface area (Å²) in [6.07, 6.45) is 5.95. The first-order valence-electron chi connectivity index (χ1n) is 5.48. The maximum absolute atomic E-state index is 12.0. The molecule has 0 saturated heterocycles. The largest absolute Gasteiger partial charge is 0.329 e. The lowest BCUT2D eigenvalue weighted by molar-refractivity contribution is -0.151. The summed E-state index contributed by atoms with van der Waals surface area (Å²) in [6.45, 7) is 0.606. The summed E-state index contributed by atoms with van der Waals surface area (Å²) >= 11 is 0. The molecule has 0 amide bonds. The van der Waals surface area contributed by atoms with Crippen LogP contribution >= 0.6 is 12.4 Å². The first-order chi connectivity index (χ1) is 6.23. The summed E-state index contributed by atoms with van der Waals surface area (Å²) in [7, 11) is 0. The van der Waals surface area contributed by atoms with Crippen molar-refractivity contribution in [3.05, 3.63) is 0 Å². The molecule has 80 valence electrons. The topological polar surface area (TPSA) is 43.1 Å². The SMILES string of the molecule is Cl.NCC12CC3CC(CC(C3)C1=O)C2. The number of hydrogen-bond donors (Lipinski definition) is 1. The zero-order valence-corrected chi connectivity index (χ0v) is 9.19. The molecule has 0 spiro atoms. The van der Waals surface area contributed by atoms with Crippen LogP contribution in [0.3, 0.4) is 0 Å². The number of rotatable bonds is 1. The van der Waals surface area contributed by atoms with Crippen LogP contribution in [0.5, 0.6) is 0 Å². The van der Waals surface area contributed by atoms with E-state index >= 15 is 0 Å². The molecule has 0 heterocycles. The average molecular weight is 216 g/mol. The van der Waals surface area contributed by atoms with Crippen LogP contribution in [-0.2, 0) is 4.79 Å². The molecule has 2 unspecified atom stereocenters. The zero-order chi connectivity index (χ0) is 9.05. The number of hydrogen-bond acceptors (Lipinski definition) is 2. The Kier molecular flexibility index (Phi) is 2.39. The van der Waals surface area contributed by atoms with E-state index in [-0.39, 0.29) is 17.8 Å². The summed E-state index contributed by atoms with van der Waals surface area (Å²) in [4.78, 5) is 12.0. The molecule has 2 nitrogen and oxygen atoms in total. The highest BCUT2D eigenvalue weighted by Crippen LogP contribution is 2.57. The van der Waals surface area contributed by atoms with Gasteiger partial charge < -0.3 is 5.73 Å². The zero-order valence-electron chi connectivity index (χ0n) is 8.37. The molecule has 4 aliphatic rings. The van der Waals surface area contributed by atoms with E-state index < -0.39 is 0 Å². The fraction of sp³-hybridized carbons (Fsp3) is 0.909. The highest BCUT2D eigenvalue weighted by atomic mass is 35.5. The predicted octanol–water partition coefficient (Wildman–Crippen LogP) is 1.76. The van der Waals surface area contributed by atoms with Crippen molar-refractivity contribution in [3.63, 3.8) is 0 Å². The van der Waals surface area contributed by atoms with Crippen LogP contribution in [-0.4, -0.2) is 12.3 Å². The van der Waals surface area contributed by atoms with Gasteiger partial charge in [0.1, 0.15) is 5.78 Å². The van der Waals surface area contributed by atoms with E-state index in [1.165, 1.54) is 19.3 Å². The molecule has 0 aromatic heterocycles. The average Bonchev–Trinajstić information content (AvgIpc) is 2.12. The lowest BCUT2D eigenvalue weighted by atomic mass is 9.49. The third-order valence-corrected chi connectivity index (χ3v) is 4.55. The molecule has 3 heteroatoms. The Labute approximate surface area is 91.0 Å². The fourth-order valence-corrected chi connectivity index (χ4v) is 4.20. The summed E-state index contributed by atoms with van der Waals surface area (Å²) in [5.41, 5.74) is 5.74. The van der Waals surface area contributed by atoms with E-state index in [9.17, 15) is 4.79 Å². The quantitative estimate of drug-likeness (QED) is 0.725. The second-order valence-electron chi connectivity index (χ2n) is 5.39. The maximum atomic E-state index is 12.0. The summed E-state index contributed by atoms with van der Waals surface area (Å²) in [5, 5.41) is 0. The molecule has 4 aliphatic carbocycles. The summed E-state index contributed by atoms with van der Waals surface area (Å²) < 4.78 is 0. The number of halogens is 1. The number of ketones is 1. The van der Waals surface area contributed by atoms with E-state index in [2.05, 4.69) is 0 Å². The molecule has 0 aromatic carbocycles. The molecule has 0 aliphatic heterocycles. The van der Waals surface area contributed by atoms with Crippen LogP contribution in [0.4, 0.5) is 0 Å². The minimum absolute atomic E-state index is 0. The molecule has 4 rings (SSSR count). The Balaban J connectivity index is 0.000000750. The van der Waals surface area contributed by atoms with E-state index in [0.29, 0.717) is 18.2 Å². The smallest absolute Gasteiger partial charge is 0.143 e. The normalized spacial score (nSPS) is 49.2. The molecular weight excluding hydrogens is 198 g/mol. The molecule has 0 radical (unpaired) electrons. The lowest BCUT2D eigenvalue weighted by Gasteiger charge is -2.55. The maximum Gasteiger partial charge on any atom is 0.143 e. The van der Waals surface area contributed by atoms with E-state index in [1.54, 1.807) is 0 Å². The number of nitrogens with two attached hydrogens (primary N) is 1. The van der Waals surface area contributed by atoms with Crippen molar-refractivity contribution in [1.29, 1.82) is 0 Å². The van der Waals surface area contributed by atoms with Gasteiger partial charge in [-0.2, -0.15) is 0 Å². The Morgan fingerprint density at radius 3 is 2.29 bits per heavy atom. The van der Waals surface area contributed by atoms with Gasteiger partial charge in [0.2, 0.25) is 0 Å². The fourth-order valence-electron chi connectivity index (χ4n) is 4.20. The number of Topliss-reactive ketones (excluding diaryl/α,β-unsaturated/α-hetero) is 1. The van der Waals surface area contributed by atoms with Crippen LogP contribution in [0.1, 0.15) is 32.1 Å². The molecule has 2 atom stereocenters. The van der Waals surface area contributed by atoms with Gasteiger partial charge in [-0.05, 0) is 43.9 Å². The molecular formula is C11H18ClNO. The first kappa shape index (κ1) is 10.4. The summed E-state index contributed by atoms with van der Waals surface area (Å²) in [5.74, 6) is 2.58. The van der Waals surface area contributed by atoms with Crippen LogP contribution in [0.25, 0.3) is 0 Å². The molecule has 4 saturated carbocycles. The minimum atomic E-state index is -0.0608. The molecule has 2 N–H and O–H groups in total. The van der Waals surface area contributed by atoms with Crippen LogP contribution < -0.4 is 5.73 Å². The van der Waals surface area contributed by atoms with E-state index in [1.807, 2.05) is 0 Å². The Morgan fingerprint density at radius 1 is 1.21 bits per heavy atom. The number of carbonyl (C=O) groups excluding carboxylic acids is 1. The van der Waals surface area contributed by atoms with Gasteiger partial charge in [-0.3, -0.25) is 4.79 Å². The van der Waals surface area contributed by atoms with Gasteiger partial charge in [0, 0.05) is 17.9 Å². The third-order valence-electron chi connectivity index (χ3n) is 4.55. The van der Waals surface area contributed by atoms with Crippen molar-refractivity contribution >= 4 is 18.2 Å². The van der Waals surface area contributed by atoms with Crippen molar-refractivity contribution in [1.82, 2.24) is 0 Å². The molecule has 14 heavy (non-hydrogen) atoms. The number of carbonyl (C=O) groups is 1. The highest BCUT2D eigenvalue weighted by Gasteiger charge is 2.55. The van der Waals surface area contributed by atoms with Crippen molar-refractivity contribution in [3.8, 4) is 0 Å². The van der Waals surface area contributed by atoms with Gasteiger partial charge in [-0.1, -0.05) is 0 Å². The lowest BCUT2D eigenvalue weighted by Crippen LogP contribution is -2.56. The third kappa shape index (κ3) is 1.17. The van der Waals surface area contributed by atoms with Crippen molar-refractivity contribution in [2.75, 3.05) is 6.54 Å². The van der Waals surface area contributed by atoms with Gasteiger partial charge in [0.15, 0.2) is 0 Å². The standard InChI is InChI=1S/C11H17NO.ClH/c12-6-11-4-7-1-8(5-11)3-9(2-7)10(11)13;/h7-9H,1-6,12H2;1H. The van der Waals surface area contributed by atoms with Gasteiger partial charge in [-0.15, -0.1) is 12.4 Å². The van der Waals surface area contributed by atoms with Crippen molar-refractivity contribution in [2.45, 2.75) is 32.1 Å². The Bertz CT molecular complexity index is 252. The summed E-state index contributed by atoms with van der Waals surface area (Å²) in [6, 6.07) is 0. The Hall–Kier alpha value is -0.0800. The van der Waals surface area contributed by atoms with Gasteiger partial charge in [0.25, 0.3) is 0 Å². The van der Waals surface area contributed by atoms with E-state index in [4.69, 9.17) is 5.73 Å². The van der Waals surface area contributed by atoms with Crippen LogP contribution in [0.2, 0.25) is 0 Å². The van der Waals surface area contributed by atoms with Gasteiger partial charge in [-0.25, -0.2) is 0 Å². The van der Waals surface area contributed by atoms with Crippen molar-refractivity contribution < 1.29 is 4.79 Å². The van der Waals surface area contributed by atoms with Crippen molar-refractivity contribution in [2.24, 2.45) is 28.9 Å². The first-order valence-corrected chi connectivity index (χ1v) is 5.48. The minimum Gasteiger partial charge on any atom is -0.329 e. The molecule has 4 bridgehead atoms. The monoisotopic (exact) mass is 215 g/mol. The van der Waals surface area contributed by atoms with Crippen LogP contribution in [0.15, 0.2) is 0 Å². The predicted molar refractivity (Wildman–Crippen MR) is 57.3 cm³/mol. The highest BCUT2D eigenvalue weighted by molar-refractivity contribution is 5.89. The van der Waals surface area contributed by atoms with Gasteiger partial charge >= 0.3 is 0 Å². The Morgan fingerprint density at radius 2 is 1.79 bits per heavy atom.